The van der Waals surface area contributed by atoms with Crippen LogP contribution in [0.25, 0.3) is 0 Å². The minimum atomic E-state index is 0.0448. The van der Waals surface area contributed by atoms with Gasteiger partial charge in [0.05, 0.1) is 0 Å². The number of carbonyl (C=O) groups excluding carboxylic acids is 1. The maximum atomic E-state index is 12.0. The Morgan fingerprint density at radius 1 is 1.05 bits per heavy atom. The summed E-state index contributed by atoms with van der Waals surface area (Å²) < 4.78 is 0. The zero-order valence-electron chi connectivity index (χ0n) is 12.2. The summed E-state index contributed by atoms with van der Waals surface area (Å²) in [7, 11) is 0. The molecule has 0 radical (unpaired) electrons. The summed E-state index contributed by atoms with van der Waals surface area (Å²) in [5, 5.41) is 2.93. The van der Waals surface area contributed by atoms with E-state index >= 15 is 0 Å². The fourth-order valence-corrected chi connectivity index (χ4v) is 2.44. The number of hydrogen-bond acceptors (Lipinski definition) is 1. The fourth-order valence-electron chi connectivity index (χ4n) is 2.23. The number of anilines is 1. The smallest absolute Gasteiger partial charge is 0.224 e. The van der Waals surface area contributed by atoms with E-state index in [4.69, 9.17) is 11.6 Å². The Bertz CT molecular complexity index is 592. The minimum absolute atomic E-state index is 0.0448. The molecule has 1 amide bonds. The summed E-state index contributed by atoms with van der Waals surface area (Å²) in [5.41, 5.74) is 4.48. The van der Waals surface area contributed by atoms with Crippen LogP contribution in [0.15, 0.2) is 48.5 Å². The van der Waals surface area contributed by atoms with E-state index in [9.17, 15) is 4.79 Å². The summed E-state index contributed by atoms with van der Waals surface area (Å²) in [5.74, 6) is 0.658. The van der Waals surface area contributed by atoms with Crippen LogP contribution in [0, 0.1) is 6.92 Å². The molecule has 0 saturated heterocycles. The lowest BCUT2D eigenvalue weighted by Crippen LogP contribution is -2.12. The van der Waals surface area contributed by atoms with Crippen LogP contribution in [-0.4, -0.2) is 11.8 Å². The molecule has 0 aliphatic heterocycles. The van der Waals surface area contributed by atoms with Crippen LogP contribution in [0.4, 0.5) is 5.69 Å². The van der Waals surface area contributed by atoms with Gasteiger partial charge in [0.25, 0.3) is 0 Å². The maximum Gasteiger partial charge on any atom is 0.224 e. The number of rotatable bonds is 6. The van der Waals surface area contributed by atoms with Crippen LogP contribution >= 0.6 is 11.6 Å². The molecule has 0 spiro atoms. The van der Waals surface area contributed by atoms with Crippen LogP contribution in [0.3, 0.4) is 0 Å². The SMILES string of the molecule is Cc1ccccc1CCC(=O)Nc1ccc(CCCl)cc1. The largest absolute Gasteiger partial charge is 0.326 e. The van der Waals surface area contributed by atoms with E-state index in [-0.39, 0.29) is 5.91 Å². The molecule has 2 aromatic rings. The van der Waals surface area contributed by atoms with Gasteiger partial charge in [-0.1, -0.05) is 36.4 Å². The second kappa shape index (κ2) is 7.84. The van der Waals surface area contributed by atoms with Crippen molar-refractivity contribution >= 4 is 23.2 Å². The number of hydrogen-bond donors (Lipinski definition) is 1. The predicted molar refractivity (Wildman–Crippen MR) is 89.0 cm³/mol. The lowest BCUT2D eigenvalue weighted by Gasteiger charge is -2.07. The molecule has 2 rings (SSSR count). The van der Waals surface area contributed by atoms with Gasteiger partial charge in [-0.05, 0) is 48.6 Å². The molecule has 21 heavy (non-hydrogen) atoms. The van der Waals surface area contributed by atoms with Gasteiger partial charge in [0.1, 0.15) is 0 Å². The Kier molecular flexibility index (Phi) is 5.82. The third-order valence-electron chi connectivity index (χ3n) is 3.50. The van der Waals surface area contributed by atoms with Crippen LogP contribution in [-0.2, 0) is 17.6 Å². The van der Waals surface area contributed by atoms with Crippen molar-refractivity contribution in [1.82, 2.24) is 0 Å². The summed E-state index contributed by atoms with van der Waals surface area (Å²) in [6.07, 6.45) is 2.11. The molecule has 0 atom stereocenters. The molecule has 0 heterocycles. The van der Waals surface area contributed by atoms with E-state index in [0.717, 1.165) is 18.5 Å². The summed E-state index contributed by atoms with van der Waals surface area (Å²) in [6.45, 7) is 2.07. The number of halogens is 1. The molecule has 2 nitrogen and oxygen atoms in total. The van der Waals surface area contributed by atoms with Gasteiger partial charge in [-0.3, -0.25) is 4.79 Å². The van der Waals surface area contributed by atoms with Gasteiger partial charge in [0.15, 0.2) is 0 Å². The van der Waals surface area contributed by atoms with Crippen LogP contribution in [0.1, 0.15) is 23.1 Å². The Balaban J connectivity index is 1.85. The Morgan fingerprint density at radius 3 is 2.43 bits per heavy atom. The highest BCUT2D eigenvalue weighted by molar-refractivity contribution is 6.17. The Labute approximate surface area is 131 Å². The zero-order chi connectivity index (χ0) is 15.1. The first-order valence-electron chi connectivity index (χ1n) is 7.18. The van der Waals surface area contributed by atoms with E-state index in [1.54, 1.807) is 0 Å². The normalized spacial score (nSPS) is 10.4. The maximum absolute atomic E-state index is 12.0. The van der Waals surface area contributed by atoms with Crippen molar-refractivity contribution in [3.8, 4) is 0 Å². The first-order chi connectivity index (χ1) is 10.2. The molecule has 0 fully saturated rings. The predicted octanol–water partition coefficient (Wildman–Crippen LogP) is 4.35. The topological polar surface area (TPSA) is 29.1 Å². The van der Waals surface area contributed by atoms with E-state index in [1.165, 1.54) is 16.7 Å². The van der Waals surface area contributed by atoms with Gasteiger partial charge in [-0.25, -0.2) is 0 Å². The molecule has 0 aliphatic carbocycles. The third-order valence-corrected chi connectivity index (χ3v) is 3.69. The molecule has 0 saturated carbocycles. The number of nitrogens with one attached hydrogen (secondary N) is 1. The second-order valence-corrected chi connectivity index (χ2v) is 5.49. The van der Waals surface area contributed by atoms with Gasteiger partial charge >= 0.3 is 0 Å². The lowest BCUT2D eigenvalue weighted by atomic mass is 10.0. The lowest BCUT2D eigenvalue weighted by molar-refractivity contribution is -0.116. The molecule has 0 unspecified atom stereocenters. The highest BCUT2D eigenvalue weighted by Crippen LogP contribution is 2.13. The highest BCUT2D eigenvalue weighted by Gasteiger charge is 2.04. The van der Waals surface area contributed by atoms with E-state index in [0.29, 0.717) is 12.3 Å². The number of benzene rings is 2. The molecule has 3 heteroatoms. The van der Waals surface area contributed by atoms with Crippen molar-refractivity contribution in [1.29, 1.82) is 0 Å². The number of amides is 1. The van der Waals surface area contributed by atoms with Gasteiger partial charge in [-0.2, -0.15) is 0 Å². The van der Waals surface area contributed by atoms with Gasteiger partial charge in [0, 0.05) is 18.0 Å². The number of alkyl halides is 1. The molecule has 1 N–H and O–H groups in total. The summed E-state index contributed by atoms with van der Waals surface area (Å²) in [4.78, 5) is 12.0. The van der Waals surface area contributed by atoms with Gasteiger partial charge in [-0.15, -0.1) is 11.6 Å². The highest BCUT2D eigenvalue weighted by atomic mass is 35.5. The van der Waals surface area contributed by atoms with Crippen molar-refractivity contribution in [3.05, 3.63) is 65.2 Å². The summed E-state index contributed by atoms with van der Waals surface area (Å²) in [6, 6.07) is 16.0. The molecule has 0 bridgehead atoms. The minimum Gasteiger partial charge on any atom is -0.326 e. The molecular formula is C18H20ClNO. The summed E-state index contributed by atoms with van der Waals surface area (Å²) >= 11 is 5.70. The van der Waals surface area contributed by atoms with Crippen molar-refractivity contribution in [2.45, 2.75) is 26.2 Å². The zero-order valence-corrected chi connectivity index (χ0v) is 13.0. The number of aryl methyl sites for hydroxylation is 3. The van der Waals surface area contributed by atoms with Crippen molar-refractivity contribution in [3.63, 3.8) is 0 Å². The van der Waals surface area contributed by atoms with Crippen molar-refractivity contribution in [2.24, 2.45) is 0 Å². The Hall–Kier alpha value is -1.80. The van der Waals surface area contributed by atoms with Crippen molar-refractivity contribution in [2.75, 3.05) is 11.2 Å². The van der Waals surface area contributed by atoms with E-state index < -0.39 is 0 Å². The molecular weight excluding hydrogens is 282 g/mol. The third kappa shape index (κ3) is 4.91. The molecule has 0 aliphatic rings. The average Bonchev–Trinajstić information content (AvgIpc) is 2.49. The second-order valence-electron chi connectivity index (χ2n) is 5.11. The van der Waals surface area contributed by atoms with Gasteiger partial charge < -0.3 is 5.32 Å². The first kappa shape index (κ1) is 15.6. The molecule has 2 aromatic carbocycles. The van der Waals surface area contributed by atoms with E-state index in [2.05, 4.69) is 24.4 Å². The fraction of sp³-hybridized carbons (Fsp3) is 0.278. The van der Waals surface area contributed by atoms with Gasteiger partial charge in [0.2, 0.25) is 5.91 Å². The quantitative estimate of drug-likeness (QED) is 0.790. The average molecular weight is 302 g/mol. The van der Waals surface area contributed by atoms with Crippen LogP contribution in [0.5, 0.6) is 0 Å². The monoisotopic (exact) mass is 301 g/mol. The van der Waals surface area contributed by atoms with E-state index in [1.807, 2.05) is 36.4 Å². The van der Waals surface area contributed by atoms with Crippen molar-refractivity contribution < 1.29 is 4.79 Å². The standard InChI is InChI=1S/C18H20ClNO/c1-14-4-2-3-5-16(14)8-11-18(21)20-17-9-6-15(7-10-17)12-13-19/h2-7,9-10H,8,11-13H2,1H3,(H,20,21). The number of carbonyl (C=O) groups is 1. The molecule has 110 valence electrons. The Morgan fingerprint density at radius 2 is 1.76 bits per heavy atom. The van der Waals surface area contributed by atoms with Crippen LogP contribution < -0.4 is 5.32 Å². The van der Waals surface area contributed by atoms with Crippen LogP contribution in [0.2, 0.25) is 0 Å². The molecule has 0 aromatic heterocycles. The first-order valence-corrected chi connectivity index (χ1v) is 7.72.